The zero-order valence-electron chi connectivity index (χ0n) is 17.1. The number of anilines is 1. The largest absolute Gasteiger partial charge is 0.354 e. The Kier molecular flexibility index (Phi) is 6.06. The molecule has 1 saturated carbocycles. The molecule has 2 fully saturated rings. The number of rotatable bonds is 6. The summed E-state index contributed by atoms with van der Waals surface area (Å²) in [6.45, 7) is 2.96. The van der Waals surface area contributed by atoms with Gasteiger partial charge in [0.05, 0.1) is 4.90 Å². The fourth-order valence-electron chi connectivity index (χ4n) is 3.58. The Hall–Kier alpha value is -2.45. The maximum absolute atomic E-state index is 12.9. The molecule has 0 bridgehead atoms. The second-order valence-corrected chi connectivity index (χ2v) is 9.93. The Bertz CT molecular complexity index is 1030. The van der Waals surface area contributed by atoms with Gasteiger partial charge in [-0.15, -0.1) is 0 Å². The van der Waals surface area contributed by atoms with Crippen molar-refractivity contribution in [2.45, 2.75) is 50.3 Å². The summed E-state index contributed by atoms with van der Waals surface area (Å²) < 4.78 is 32.7. The number of hydrogen-bond donors (Lipinski definition) is 1. The molecule has 2 aliphatic rings. The Balaban J connectivity index is 1.47. The maximum Gasteiger partial charge on any atom is 0.243 e. The molecule has 160 valence electrons. The van der Waals surface area contributed by atoms with Gasteiger partial charge in [0.1, 0.15) is 11.4 Å². The summed E-state index contributed by atoms with van der Waals surface area (Å²) in [4.78, 5) is 12.4. The van der Waals surface area contributed by atoms with Gasteiger partial charge in [-0.2, -0.15) is 4.31 Å². The van der Waals surface area contributed by atoms with Crippen LogP contribution in [0.25, 0.3) is 12.2 Å². The number of nitrogens with one attached hydrogen (secondary N) is 1. The Morgan fingerprint density at radius 3 is 2.40 bits per heavy atom. The van der Waals surface area contributed by atoms with Crippen LogP contribution in [-0.2, 0) is 14.8 Å². The normalized spacial score (nSPS) is 18.4. The molecular formula is C22H27N3O4S. The molecule has 4 rings (SSSR count). The van der Waals surface area contributed by atoms with Crippen LogP contribution in [0.3, 0.4) is 0 Å². The van der Waals surface area contributed by atoms with E-state index in [9.17, 15) is 13.2 Å². The molecule has 0 radical (unpaired) electrons. The van der Waals surface area contributed by atoms with Crippen LogP contribution in [0.2, 0.25) is 0 Å². The first-order valence-corrected chi connectivity index (χ1v) is 11.9. The molecule has 0 spiro atoms. The molecule has 1 aliphatic heterocycles. The van der Waals surface area contributed by atoms with Crippen molar-refractivity contribution in [2.75, 3.05) is 18.4 Å². The lowest BCUT2D eigenvalue weighted by atomic mass is 10.2. The first-order valence-electron chi connectivity index (χ1n) is 10.5. The molecule has 7 nitrogen and oxygen atoms in total. The fourth-order valence-corrected chi connectivity index (χ4v) is 5.09. The number of nitrogens with zero attached hydrogens (tertiary/aromatic N) is 2. The number of carbonyl (C=O) groups excluding carboxylic acids is 1. The highest BCUT2D eigenvalue weighted by molar-refractivity contribution is 7.89. The van der Waals surface area contributed by atoms with Crippen molar-refractivity contribution in [1.29, 1.82) is 0 Å². The molecule has 1 aliphatic carbocycles. The standard InChI is InChI=1S/C22H27N3O4S/c1-16-21(23-22(26)18-9-10-18)20(29-24-16)13-8-17-6-11-19(12-7-17)30(27,28)25-14-4-2-3-5-15-25/h6-8,11-13,18H,2-5,9-10,14-15H2,1H3,(H,23,26)/b13-8-. The van der Waals surface area contributed by atoms with Crippen LogP contribution < -0.4 is 5.32 Å². The van der Waals surface area contributed by atoms with E-state index in [4.69, 9.17) is 4.52 Å². The van der Waals surface area contributed by atoms with E-state index < -0.39 is 10.0 Å². The van der Waals surface area contributed by atoms with E-state index in [1.54, 1.807) is 41.6 Å². The average Bonchev–Trinajstić information content (AvgIpc) is 3.56. The predicted molar refractivity (Wildman–Crippen MR) is 115 cm³/mol. The predicted octanol–water partition coefficient (Wildman–Crippen LogP) is 4.07. The van der Waals surface area contributed by atoms with Gasteiger partial charge in [-0.25, -0.2) is 8.42 Å². The smallest absolute Gasteiger partial charge is 0.243 e. The minimum absolute atomic E-state index is 0.000905. The molecule has 2 aromatic rings. The van der Waals surface area contributed by atoms with E-state index in [1.807, 2.05) is 6.08 Å². The third-order valence-electron chi connectivity index (χ3n) is 5.60. The minimum Gasteiger partial charge on any atom is -0.354 e. The molecule has 1 amide bonds. The summed E-state index contributed by atoms with van der Waals surface area (Å²) in [5, 5.41) is 6.84. The lowest BCUT2D eigenvalue weighted by Crippen LogP contribution is -2.31. The Morgan fingerprint density at radius 1 is 1.10 bits per heavy atom. The van der Waals surface area contributed by atoms with Crippen molar-refractivity contribution < 1.29 is 17.7 Å². The number of aryl methyl sites for hydroxylation is 1. The SMILES string of the molecule is Cc1noc(/C=C\c2ccc(S(=O)(=O)N3CCCCCC3)cc2)c1NC(=O)C1CC1. The van der Waals surface area contributed by atoms with E-state index in [0.717, 1.165) is 44.1 Å². The maximum atomic E-state index is 12.9. The lowest BCUT2D eigenvalue weighted by molar-refractivity contribution is -0.117. The number of aromatic nitrogens is 1. The zero-order valence-corrected chi connectivity index (χ0v) is 18.0. The van der Waals surface area contributed by atoms with E-state index in [0.29, 0.717) is 35.1 Å². The number of hydrogen-bond acceptors (Lipinski definition) is 5. The van der Waals surface area contributed by atoms with Gasteiger partial charge < -0.3 is 9.84 Å². The Morgan fingerprint density at radius 2 is 1.77 bits per heavy atom. The molecule has 1 saturated heterocycles. The molecule has 1 N–H and O–H groups in total. The van der Waals surface area contributed by atoms with Gasteiger partial charge in [0.15, 0.2) is 5.76 Å². The fraction of sp³-hybridized carbons (Fsp3) is 0.455. The van der Waals surface area contributed by atoms with Crippen molar-refractivity contribution in [2.24, 2.45) is 5.92 Å². The molecule has 1 aromatic carbocycles. The van der Waals surface area contributed by atoms with Crippen LogP contribution in [0.5, 0.6) is 0 Å². The van der Waals surface area contributed by atoms with Crippen LogP contribution in [0, 0.1) is 12.8 Å². The van der Waals surface area contributed by atoms with E-state index in [-0.39, 0.29) is 11.8 Å². The van der Waals surface area contributed by atoms with E-state index >= 15 is 0 Å². The second kappa shape index (κ2) is 8.73. The van der Waals surface area contributed by atoms with Crippen molar-refractivity contribution in [3.05, 3.63) is 41.3 Å². The van der Waals surface area contributed by atoms with Gasteiger partial charge in [0.25, 0.3) is 0 Å². The summed E-state index contributed by atoms with van der Waals surface area (Å²) in [7, 11) is -3.46. The molecular weight excluding hydrogens is 402 g/mol. The summed E-state index contributed by atoms with van der Waals surface area (Å²) >= 11 is 0. The van der Waals surface area contributed by atoms with Crippen LogP contribution in [-0.4, -0.2) is 36.9 Å². The van der Waals surface area contributed by atoms with Gasteiger partial charge in [0, 0.05) is 19.0 Å². The van der Waals surface area contributed by atoms with Crippen LogP contribution >= 0.6 is 0 Å². The Labute approximate surface area is 177 Å². The molecule has 0 unspecified atom stereocenters. The van der Waals surface area contributed by atoms with Crippen LogP contribution in [0.1, 0.15) is 55.5 Å². The van der Waals surface area contributed by atoms with Crippen molar-refractivity contribution in [1.82, 2.24) is 9.46 Å². The molecule has 1 aromatic heterocycles. The van der Waals surface area contributed by atoms with Crippen molar-refractivity contribution in [3.8, 4) is 0 Å². The van der Waals surface area contributed by atoms with Gasteiger partial charge in [-0.05, 0) is 56.4 Å². The van der Waals surface area contributed by atoms with Gasteiger partial charge >= 0.3 is 0 Å². The number of benzene rings is 1. The van der Waals surface area contributed by atoms with E-state index in [2.05, 4.69) is 10.5 Å². The zero-order chi connectivity index (χ0) is 21.1. The quantitative estimate of drug-likeness (QED) is 0.747. The van der Waals surface area contributed by atoms with Crippen molar-refractivity contribution >= 4 is 33.8 Å². The summed E-state index contributed by atoms with van der Waals surface area (Å²) in [5.41, 5.74) is 2.05. The third-order valence-corrected chi connectivity index (χ3v) is 7.51. The summed E-state index contributed by atoms with van der Waals surface area (Å²) in [6, 6.07) is 6.82. The number of carbonyl (C=O) groups is 1. The third kappa shape index (κ3) is 4.65. The molecule has 8 heteroatoms. The molecule has 0 atom stereocenters. The first-order chi connectivity index (χ1) is 14.4. The first kappa shape index (κ1) is 20.8. The molecule has 2 heterocycles. The monoisotopic (exact) mass is 429 g/mol. The highest BCUT2D eigenvalue weighted by Gasteiger charge is 2.31. The lowest BCUT2D eigenvalue weighted by Gasteiger charge is -2.19. The van der Waals surface area contributed by atoms with Gasteiger partial charge in [-0.3, -0.25) is 4.79 Å². The molecule has 30 heavy (non-hydrogen) atoms. The van der Waals surface area contributed by atoms with Crippen LogP contribution in [0.4, 0.5) is 5.69 Å². The van der Waals surface area contributed by atoms with Crippen LogP contribution in [0.15, 0.2) is 33.7 Å². The topological polar surface area (TPSA) is 92.5 Å². The van der Waals surface area contributed by atoms with Crippen molar-refractivity contribution in [3.63, 3.8) is 0 Å². The van der Waals surface area contributed by atoms with E-state index in [1.165, 1.54) is 0 Å². The second-order valence-electron chi connectivity index (χ2n) is 7.99. The number of amides is 1. The summed E-state index contributed by atoms with van der Waals surface area (Å²) in [6.07, 6.45) is 9.39. The highest BCUT2D eigenvalue weighted by atomic mass is 32.2. The van der Waals surface area contributed by atoms with Gasteiger partial charge in [-0.1, -0.05) is 36.2 Å². The average molecular weight is 430 g/mol. The highest BCUT2D eigenvalue weighted by Crippen LogP contribution is 2.32. The number of sulfonamides is 1. The minimum atomic E-state index is -3.46. The van der Waals surface area contributed by atoms with Gasteiger partial charge in [0.2, 0.25) is 15.9 Å². The summed E-state index contributed by atoms with van der Waals surface area (Å²) in [5.74, 6) is 0.566.